The molecule has 3 heterocycles. The minimum absolute atomic E-state index is 0.241. The number of nitrogens with one attached hydrogen (secondary N) is 3. The van der Waals surface area contributed by atoms with Crippen molar-refractivity contribution in [2.75, 3.05) is 18.4 Å². The standard InChI is InChI=1S/C20H26N8O/c1-12(2)18-23-19(26-25-18)15-6-4-5-7-16(15)22-20(29)17-13(3)28(27-24-17)14-8-10-21-11-9-14/h4-7,12,14,21H,8-11H2,1-3H3,(H,22,29)(H,23,25,26). The van der Waals surface area contributed by atoms with Crippen LogP contribution in [0.3, 0.4) is 0 Å². The second-order valence-electron chi connectivity index (χ2n) is 7.65. The fourth-order valence-corrected chi connectivity index (χ4v) is 3.57. The molecule has 0 unspecified atom stereocenters. The van der Waals surface area contributed by atoms with Gasteiger partial charge < -0.3 is 10.6 Å². The predicted octanol–water partition coefficient (Wildman–Crippen LogP) is 2.67. The number of para-hydroxylation sites is 1. The van der Waals surface area contributed by atoms with E-state index in [4.69, 9.17) is 0 Å². The van der Waals surface area contributed by atoms with Crippen LogP contribution in [0.2, 0.25) is 0 Å². The Hall–Kier alpha value is -3.07. The van der Waals surface area contributed by atoms with Crippen LogP contribution in [0.5, 0.6) is 0 Å². The molecule has 0 bridgehead atoms. The molecule has 3 N–H and O–H groups in total. The summed E-state index contributed by atoms with van der Waals surface area (Å²) in [6.07, 6.45) is 1.97. The van der Waals surface area contributed by atoms with Gasteiger partial charge in [-0.3, -0.25) is 9.89 Å². The Labute approximate surface area is 169 Å². The summed E-state index contributed by atoms with van der Waals surface area (Å²) in [5, 5.41) is 22.0. The minimum atomic E-state index is -0.283. The van der Waals surface area contributed by atoms with Gasteiger partial charge in [0.15, 0.2) is 11.5 Å². The Bertz CT molecular complexity index is 1000. The van der Waals surface area contributed by atoms with Crippen molar-refractivity contribution >= 4 is 11.6 Å². The number of amides is 1. The highest BCUT2D eigenvalue weighted by Crippen LogP contribution is 2.27. The second-order valence-corrected chi connectivity index (χ2v) is 7.65. The molecule has 0 saturated carbocycles. The average molecular weight is 394 g/mol. The highest BCUT2D eigenvalue weighted by Gasteiger charge is 2.23. The molecule has 0 radical (unpaired) electrons. The number of aromatic nitrogens is 6. The lowest BCUT2D eigenvalue weighted by atomic mass is 10.1. The topological polar surface area (TPSA) is 113 Å². The van der Waals surface area contributed by atoms with E-state index in [2.05, 4.69) is 36.1 Å². The van der Waals surface area contributed by atoms with Gasteiger partial charge in [-0.1, -0.05) is 31.2 Å². The lowest BCUT2D eigenvalue weighted by Gasteiger charge is -2.23. The second kappa shape index (κ2) is 8.12. The van der Waals surface area contributed by atoms with Crippen molar-refractivity contribution in [3.63, 3.8) is 0 Å². The molecule has 0 atom stereocenters. The van der Waals surface area contributed by atoms with Gasteiger partial charge in [0.1, 0.15) is 5.82 Å². The van der Waals surface area contributed by atoms with Crippen LogP contribution in [0.4, 0.5) is 5.69 Å². The Morgan fingerprint density at radius 1 is 1.24 bits per heavy atom. The molecule has 29 heavy (non-hydrogen) atoms. The molecule has 0 spiro atoms. The lowest BCUT2D eigenvalue weighted by Crippen LogP contribution is -2.30. The first-order chi connectivity index (χ1) is 14.0. The molecule has 1 saturated heterocycles. The van der Waals surface area contributed by atoms with Crippen LogP contribution in [0, 0.1) is 6.92 Å². The first-order valence-corrected chi connectivity index (χ1v) is 10.00. The number of nitrogens with zero attached hydrogens (tertiary/aromatic N) is 5. The maximum Gasteiger partial charge on any atom is 0.278 e. The number of H-pyrrole nitrogens is 1. The summed E-state index contributed by atoms with van der Waals surface area (Å²) in [5.74, 6) is 1.32. The zero-order chi connectivity index (χ0) is 20.4. The van der Waals surface area contributed by atoms with Crippen molar-refractivity contribution < 1.29 is 4.79 Å². The number of aromatic amines is 1. The Balaban J connectivity index is 1.57. The van der Waals surface area contributed by atoms with Gasteiger partial charge in [0.05, 0.1) is 17.4 Å². The molecule has 1 amide bonds. The largest absolute Gasteiger partial charge is 0.320 e. The number of hydrogen-bond donors (Lipinski definition) is 3. The number of rotatable bonds is 5. The van der Waals surface area contributed by atoms with Gasteiger partial charge >= 0.3 is 0 Å². The van der Waals surface area contributed by atoms with Gasteiger partial charge in [-0.2, -0.15) is 5.10 Å². The van der Waals surface area contributed by atoms with Crippen LogP contribution < -0.4 is 10.6 Å². The molecular formula is C20H26N8O. The number of anilines is 1. The summed E-state index contributed by atoms with van der Waals surface area (Å²) in [5.41, 5.74) is 2.53. The molecule has 1 fully saturated rings. The zero-order valence-electron chi connectivity index (χ0n) is 16.9. The quantitative estimate of drug-likeness (QED) is 0.613. The van der Waals surface area contributed by atoms with Gasteiger partial charge in [0, 0.05) is 11.5 Å². The normalized spacial score (nSPS) is 15.0. The number of piperidine rings is 1. The van der Waals surface area contributed by atoms with Gasteiger partial charge in [-0.05, 0) is 45.0 Å². The van der Waals surface area contributed by atoms with Crippen molar-refractivity contribution in [1.29, 1.82) is 0 Å². The maximum absolute atomic E-state index is 12.9. The molecule has 2 aromatic heterocycles. The lowest BCUT2D eigenvalue weighted by molar-refractivity contribution is 0.102. The van der Waals surface area contributed by atoms with E-state index in [0.29, 0.717) is 17.2 Å². The highest BCUT2D eigenvalue weighted by atomic mass is 16.2. The monoisotopic (exact) mass is 394 g/mol. The van der Waals surface area contributed by atoms with E-state index < -0.39 is 0 Å². The third-order valence-corrected chi connectivity index (χ3v) is 5.26. The van der Waals surface area contributed by atoms with Crippen LogP contribution in [0.1, 0.15) is 60.7 Å². The molecule has 1 aliphatic rings. The average Bonchev–Trinajstić information content (AvgIpc) is 3.36. The van der Waals surface area contributed by atoms with E-state index >= 15 is 0 Å². The third-order valence-electron chi connectivity index (χ3n) is 5.26. The van der Waals surface area contributed by atoms with Gasteiger partial charge in [0.25, 0.3) is 5.91 Å². The van der Waals surface area contributed by atoms with E-state index in [1.165, 1.54) is 0 Å². The van der Waals surface area contributed by atoms with Crippen LogP contribution >= 0.6 is 0 Å². The van der Waals surface area contributed by atoms with E-state index in [0.717, 1.165) is 43.0 Å². The summed E-state index contributed by atoms with van der Waals surface area (Å²) >= 11 is 0. The number of carbonyl (C=O) groups excluding carboxylic acids is 1. The van der Waals surface area contributed by atoms with Crippen LogP contribution in [-0.4, -0.2) is 49.2 Å². The molecule has 0 aliphatic carbocycles. The van der Waals surface area contributed by atoms with E-state index in [1.54, 1.807) is 0 Å². The maximum atomic E-state index is 12.9. The highest BCUT2D eigenvalue weighted by molar-refractivity contribution is 6.05. The van der Waals surface area contributed by atoms with Gasteiger partial charge in [0.2, 0.25) is 0 Å². The number of carbonyl (C=O) groups is 1. The van der Waals surface area contributed by atoms with Crippen molar-refractivity contribution in [2.45, 2.75) is 45.6 Å². The minimum Gasteiger partial charge on any atom is -0.320 e. The first-order valence-electron chi connectivity index (χ1n) is 10.00. The van der Waals surface area contributed by atoms with E-state index in [9.17, 15) is 4.79 Å². The molecular weight excluding hydrogens is 368 g/mol. The zero-order valence-corrected chi connectivity index (χ0v) is 16.9. The molecule has 1 aliphatic heterocycles. The number of benzene rings is 1. The smallest absolute Gasteiger partial charge is 0.278 e. The molecule has 4 rings (SSSR count). The Morgan fingerprint density at radius 2 is 2.00 bits per heavy atom. The summed E-state index contributed by atoms with van der Waals surface area (Å²) in [6.45, 7) is 7.90. The molecule has 3 aromatic rings. The summed E-state index contributed by atoms with van der Waals surface area (Å²) in [7, 11) is 0. The first kappa shape index (κ1) is 19.3. The van der Waals surface area contributed by atoms with Crippen LogP contribution in [0.25, 0.3) is 11.4 Å². The van der Waals surface area contributed by atoms with E-state index in [-0.39, 0.29) is 17.9 Å². The van der Waals surface area contributed by atoms with Crippen LogP contribution in [-0.2, 0) is 0 Å². The summed E-state index contributed by atoms with van der Waals surface area (Å²) < 4.78 is 1.88. The SMILES string of the molecule is Cc1c(C(=O)Nc2ccccc2-c2n[nH]c(C(C)C)n2)nnn1C1CCNCC1. The molecule has 152 valence electrons. The third kappa shape index (κ3) is 3.91. The van der Waals surface area contributed by atoms with Crippen molar-refractivity contribution in [2.24, 2.45) is 0 Å². The van der Waals surface area contributed by atoms with Crippen molar-refractivity contribution in [1.82, 2.24) is 35.5 Å². The fraction of sp³-hybridized carbons (Fsp3) is 0.450. The van der Waals surface area contributed by atoms with Crippen molar-refractivity contribution in [3.05, 3.63) is 41.5 Å². The van der Waals surface area contributed by atoms with Crippen molar-refractivity contribution in [3.8, 4) is 11.4 Å². The van der Waals surface area contributed by atoms with E-state index in [1.807, 2.05) is 49.7 Å². The van der Waals surface area contributed by atoms with Gasteiger partial charge in [-0.25, -0.2) is 9.67 Å². The summed E-state index contributed by atoms with van der Waals surface area (Å²) in [6, 6.07) is 7.77. The molecule has 9 heteroatoms. The molecule has 1 aromatic carbocycles. The number of hydrogen-bond acceptors (Lipinski definition) is 6. The molecule has 9 nitrogen and oxygen atoms in total. The Kier molecular flexibility index (Phi) is 5.39. The predicted molar refractivity (Wildman–Crippen MR) is 110 cm³/mol. The Morgan fingerprint density at radius 3 is 2.72 bits per heavy atom. The summed E-state index contributed by atoms with van der Waals surface area (Å²) in [4.78, 5) is 17.5. The van der Waals surface area contributed by atoms with Crippen LogP contribution in [0.15, 0.2) is 24.3 Å². The fourth-order valence-electron chi connectivity index (χ4n) is 3.57. The van der Waals surface area contributed by atoms with Gasteiger partial charge in [-0.15, -0.1) is 5.10 Å².